The summed E-state index contributed by atoms with van der Waals surface area (Å²) >= 11 is 6.20. The first kappa shape index (κ1) is 25.1. The number of furan rings is 1. The van der Waals surface area contributed by atoms with Gasteiger partial charge in [-0.25, -0.2) is 5.43 Å². The minimum atomic E-state index is -0.454. The second-order valence-electron chi connectivity index (χ2n) is 8.76. The SMILES string of the molecule is Cc1c(C(=O)Nc2cc(Cl)ccc2Oc2ccccc2)oc2c1/C(=N/NC(=O)c1ccc(O)cc1)CCC2. The van der Waals surface area contributed by atoms with Gasteiger partial charge in [0.25, 0.3) is 11.8 Å². The van der Waals surface area contributed by atoms with Crippen LogP contribution in [0.15, 0.2) is 82.3 Å². The zero-order valence-corrected chi connectivity index (χ0v) is 21.2. The Hall–Kier alpha value is -4.56. The third-order valence-corrected chi connectivity index (χ3v) is 6.35. The number of fused-ring (bicyclic) bond motifs is 1. The molecule has 4 aromatic rings. The highest BCUT2D eigenvalue weighted by atomic mass is 35.5. The molecule has 2 amide bonds. The van der Waals surface area contributed by atoms with Gasteiger partial charge in [-0.15, -0.1) is 0 Å². The molecule has 1 aliphatic rings. The highest BCUT2D eigenvalue weighted by Crippen LogP contribution is 2.34. The second-order valence-corrected chi connectivity index (χ2v) is 9.20. The van der Waals surface area contributed by atoms with E-state index in [1.807, 2.05) is 30.3 Å². The number of carbonyl (C=O) groups is 2. The summed E-state index contributed by atoms with van der Waals surface area (Å²) < 4.78 is 11.9. The van der Waals surface area contributed by atoms with Crippen molar-refractivity contribution in [2.24, 2.45) is 5.10 Å². The Morgan fingerprint density at radius 3 is 2.53 bits per heavy atom. The van der Waals surface area contributed by atoms with Gasteiger partial charge in [-0.2, -0.15) is 5.10 Å². The van der Waals surface area contributed by atoms with Gasteiger partial charge in [0.15, 0.2) is 11.5 Å². The molecule has 0 bridgehead atoms. The zero-order valence-electron chi connectivity index (χ0n) is 20.5. The van der Waals surface area contributed by atoms with E-state index in [1.165, 1.54) is 24.3 Å². The van der Waals surface area contributed by atoms with Crippen LogP contribution in [-0.4, -0.2) is 22.6 Å². The van der Waals surface area contributed by atoms with E-state index < -0.39 is 11.8 Å². The van der Waals surface area contributed by atoms with E-state index in [2.05, 4.69) is 15.8 Å². The summed E-state index contributed by atoms with van der Waals surface area (Å²) in [5, 5.41) is 17.1. The Morgan fingerprint density at radius 2 is 1.76 bits per heavy atom. The van der Waals surface area contributed by atoms with Gasteiger partial charge in [0.2, 0.25) is 0 Å². The molecule has 1 heterocycles. The molecule has 192 valence electrons. The highest BCUT2D eigenvalue weighted by Gasteiger charge is 2.28. The van der Waals surface area contributed by atoms with Crippen molar-refractivity contribution < 1.29 is 23.8 Å². The smallest absolute Gasteiger partial charge is 0.291 e. The van der Waals surface area contributed by atoms with Crippen LogP contribution in [-0.2, 0) is 6.42 Å². The van der Waals surface area contributed by atoms with Crippen LogP contribution in [0.4, 0.5) is 5.69 Å². The molecule has 5 rings (SSSR count). The van der Waals surface area contributed by atoms with Gasteiger partial charge in [-0.3, -0.25) is 9.59 Å². The fraction of sp³-hybridized carbons (Fsp3) is 0.138. The number of nitrogens with zero attached hydrogens (tertiary/aromatic N) is 1. The summed E-state index contributed by atoms with van der Waals surface area (Å²) in [5.41, 5.74) is 5.31. The molecule has 0 saturated heterocycles. The van der Waals surface area contributed by atoms with Crippen molar-refractivity contribution in [3.8, 4) is 17.2 Å². The molecule has 8 nitrogen and oxygen atoms in total. The molecule has 1 aromatic heterocycles. The lowest BCUT2D eigenvalue weighted by Gasteiger charge is -2.13. The van der Waals surface area contributed by atoms with Crippen molar-refractivity contribution in [3.63, 3.8) is 0 Å². The Kier molecular flexibility index (Phi) is 7.15. The van der Waals surface area contributed by atoms with Crippen LogP contribution in [0.2, 0.25) is 5.02 Å². The van der Waals surface area contributed by atoms with Crippen LogP contribution in [0.25, 0.3) is 0 Å². The molecular formula is C29H24ClN3O5. The van der Waals surface area contributed by atoms with Gasteiger partial charge >= 0.3 is 0 Å². The first-order valence-electron chi connectivity index (χ1n) is 12.0. The summed E-state index contributed by atoms with van der Waals surface area (Å²) in [4.78, 5) is 25.8. The molecule has 0 radical (unpaired) electrons. The number of aromatic hydroxyl groups is 1. The molecule has 1 aliphatic carbocycles. The third-order valence-electron chi connectivity index (χ3n) is 6.11. The van der Waals surface area contributed by atoms with Crippen molar-refractivity contribution in [3.05, 3.63) is 106 Å². The number of hydrogen-bond donors (Lipinski definition) is 3. The van der Waals surface area contributed by atoms with Crippen molar-refractivity contribution in [2.75, 3.05) is 5.32 Å². The number of phenols is 1. The van der Waals surface area contributed by atoms with Crippen LogP contribution in [0, 0.1) is 6.92 Å². The predicted molar refractivity (Wildman–Crippen MR) is 144 cm³/mol. The maximum atomic E-state index is 13.3. The van der Waals surface area contributed by atoms with Crippen LogP contribution < -0.4 is 15.5 Å². The number of benzene rings is 3. The van der Waals surface area contributed by atoms with E-state index in [1.54, 1.807) is 25.1 Å². The van der Waals surface area contributed by atoms with Crippen molar-refractivity contribution in [2.45, 2.75) is 26.2 Å². The van der Waals surface area contributed by atoms with E-state index in [4.69, 9.17) is 20.8 Å². The average molecular weight is 530 g/mol. The fourth-order valence-electron chi connectivity index (χ4n) is 4.28. The Morgan fingerprint density at radius 1 is 1.00 bits per heavy atom. The van der Waals surface area contributed by atoms with Gasteiger partial charge in [0, 0.05) is 28.1 Å². The van der Waals surface area contributed by atoms with Crippen LogP contribution in [0.5, 0.6) is 17.2 Å². The van der Waals surface area contributed by atoms with Crippen molar-refractivity contribution >= 4 is 34.8 Å². The molecular weight excluding hydrogens is 506 g/mol. The number of halogens is 1. The zero-order chi connectivity index (χ0) is 26.6. The van der Waals surface area contributed by atoms with E-state index in [0.29, 0.717) is 57.6 Å². The van der Waals surface area contributed by atoms with Gasteiger partial charge < -0.3 is 19.6 Å². The number of phenolic OH excluding ortho intramolecular Hbond substituents is 1. The maximum absolute atomic E-state index is 13.3. The molecule has 0 spiro atoms. The monoisotopic (exact) mass is 529 g/mol. The molecule has 0 fully saturated rings. The Labute approximate surface area is 223 Å². The highest BCUT2D eigenvalue weighted by molar-refractivity contribution is 6.31. The number of nitrogens with one attached hydrogen (secondary N) is 2. The van der Waals surface area contributed by atoms with E-state index in [0.717, 1.165) is 12.0 Å². The Balaban J connectivity index is 1.38. The normalized spacial score (nSPS) is 13.6. The van der Waals surface area contributed by atoms with E-state index >= 15 is 0 Å². The maximum Gasteiger partial charge on any atom is 0.291 e. The molecule has 38 heavy (non-hydrogen) atoms. The summed E-state index contributed by atoms with van der Waals surface area (Å²) in [5.74, 6) is 1.05. The van der Waals surface area contributed by atoms with Gasteiger partial charge in [-0.1, -0.05) is 29.8 Å². The lowest BCUT2D eigenvalue weighted by atomic mass is 9.93. The second kappa shape index (κ2) is 10.8. The summed E-state index contributed by atoms with van der Waals surface area (Å²) in [6.45, 7) is 1.79. The molecule has 0 saturated carbocycles. The van der Waals surface area contributed by atoms with E-state index in [-0.39, 0.29) is 11.5 Å². The lowest BCUT2D eigenvalue weighted by Crippen LogP contribution is -2.22. The average Bonchev–Trinajstić information content (AvgIpc) is 3.27. The molecule has 0 unspecified atom stereocenters. The number of rotatable bonds is 6. The summed E-state index contributed by atoms with van der Waals surface area (Å²) in [7, 11) is 0. The largest absolute Gasteiger partial charge is 0.508 e. The minimum absolute atomic E-state index is 0.0705. The number of carbonyl (C=O) groups excluding carboxylic acids is 2. The van der Waals surface area contributed by atoms with Crippen LogP contribution in [0.3, 0.4) is 0 Å². The first-order chi connectivity index (χ1) is 18.4. The number of amides is 2. The molecule has 9 heteroatoms. The number of anilines is 1. The molecule has 0 atom stereocenters. The quantitative estimate of drug-likeness (QED) is 0.248. The van der Waals surface area contributed by atoms with Gasteiger partial charge in [0.05, 0.1) is 11.4 Å². The topological polar surface area (TPSA) is 113 Å². The third kappa shape index (κ3) is 5.40. The number of para-hydroxylation sites is 1. The van der Waals surface area contributed by atoms with Gasteiger partial charge in [0.1, 0.15) is 17.3 Å². The van der Waals surface area contributed by atoms with Crippen LogP contribution in [0.1, 0.15) is 50.6 Å². The molecule has 3 aromatic carbocycles. The molecule has 3 N–H and O–H groups in total. The number of hydrazone groups is 1. The Bertz CT molecular complexity index is 1530. The number of hydrogen-bond acceptors (Lipinski definition) is 6. The standard InChI is InChI=1S/C29H24ClN3O5/c1-17-26-22(32-33-28(35)18-10-13-20(34)14-11-18)8-5-9-25(26)38-27(17)29(36)31-23-16-19(30)12-15-24(23)37-21-6-3-2-4-7-21/h2-4,6-7,10-16,34H,5,8-9H2,1H3,(H,31,36)(H,33,35)/b32-22+. The summed E-state index contributed by atoms with van der Waals surface area (Å²) in [6.07, 6.45) is 2.03. The summed E-state index contributed by atoms with van der Waals surface area (Å²) in [6, 6.07) is 20.1. The van der Waals surface area contributed by atoms with E-state index in [9.17, 15) is 14.7 Å². The lowest BCUT2D eigenvalue weighted by molar-refractivity contribution is 0.0953. The van der Waals surface area contributed by atoms with Crippen molar-refractivity contribution in [1.82, 2.24) is 5.43 Å². The molecule has 0 aliphatic heterocycles. The predicted octanol–water partition coefficient (Wildman–Crippen LogP) is 6.46. The number of ether oxygens (including phenoxy) is 1. The number of aryl methyl sites for hydroxylation is 1. The van der Waals surface area contributed by atoms with Gasteiger partial charge in [-0.05, 0) is 74.4 Å². The fourth-order valence-corrected chi connectivity index (χ4v) is 4.45. The minimum Gasteiger partial charge on any atom is -0.508 e. The van der Waals surface area contributed by atoms with Crippen LogP contribution >= 0.6 is 11.6 Å². The van der Waals surface area contributed by atoms with Crippen molar-refractivity contribution in [1.29, 1.82) is 0 Å². The first-order valence-corrected chi connectivity index (χ1v) is 12.4.